The number of likely N-dealkylation sites (tertiary alicyclic amines) is 1. The fourth-order valence-electron chi connectivity index (χ4n) is 4.75. The van der Waals surface area contributed by atoms with Gasteiger partial charge in [0, 0.05) is 63.1 Å². The van der Waals surface area contributed by atoms with Crippen LogP contribution in [0.15, 0.2) is 18.2 Å². The second kappa shape index (κ2) is 9.88. The molecule has 4 rings (SSSR count). The molecule has 1 aromatic rings. The number of amides is 2. The highest BCUT2D eigenvalue weighted by molar-refractivity contribution is 5.92. The lowest BCUT2D eigenvalue weighted by atomic mass is 9.98. The number of aromatic nitrogens is 1. The summed E-state index contributed by atoms with van der Waals surface area (Å²) in [5, 5.41) is 3.04. The first kappa shape index (κ1) is 21.2. The van der Waals surface area contributed by atoms with Gasteiger partial charge in [0.2, 0.25) is 5.91 Å². The maximum Gasteiger partial charge on any atom is 0.269 e. The molecule has 3 aliphatic rings. The molecule has 7 heteroatoms. The summed E-state index contributed by atoms with van der Waals surface area (Å²) in [6.07, 6.45) is 6.31. The average Bonchev–Trinajstić information content (AvgIpc) is 3.62. The van der Waals surface area contributed by atoms with Crippen molar-refractivity contribution in [3.8, 4) is 0 Å². The predicted octanol–water partition coefficient (Wildman–Crippen LogP) is 2.00. The number of hydrogen-bond acceptors (Lipinski definition) is 5. The number of hydrogen-bond donors (Lipinski definition) is 1. The third-order valence-corrected chi connectivity index (χ3v) is 6.54. The van der Waals surface area contributed by atoms with Gasteiger partial charge in [0.15, 0.2) is 0 Å². The van der Waals surface area contributed by atoms with Crippen molar-refractivity contribution in [2.24, 2.45) is 5.92 Å². The SMILES string of the molecule is Cc1cccc(C(=O)NCCN(C2CCOCC2)C2CCCN(C(=O)C3CC3)C2)n1. The minimum absolute atomic E-state index is 0.125. The number of nitrogens with one attached hydrogen (secondary N) is 1. The number of piperidine rings is 1. The van der Waals surface area contributed by atoms with E-state index < -0.39 is 0 Å². The van der Waals surface area contributed by atoms with Gasteiger partial charge >= 0.3 is 0 Å². The lowest BCUT2D eigenvalue weighted by Gasteiger charge is -2.44. The molecule has 2 saturated heterocycles. The molecule has 1 saturated carbocycles. The summed E-state index contributed by atoms with van der Waals surface area (Å²) in [5.74, 6) is 0.506. The molecule has 0 spiro atoms. The summed E-state index contributed by atoms with van der Waals surface area (Å²) in [4.78, 5) is 34.1. The van der Waals surface area contributed by atoms with E-state index in [9.17, 15) is 9.59 Å². The number of carbonyl (C=O) groups is 2. The van der Waals surface area contributed by atoms with E-state index >= 15 is 0 Å². The standard InChI is InChI=1S/C23H34N4O3/c1-17-4-2-6-21(25-17)22(28)24-11-13-27(19-9-14-30-15-10-19)20-5-3-12-26(16-20)23(29)18-7-8-18/h2,4,6,18-20H,3,5,7-16H2,1H3,(H,24,28). The zero-order valence-corrected chi connectivity index (χ0v) is 18.0. The quantitative estimate of drug-likeness (QED) is 0.739. The maximum absolute atomic E-state index is 12.6. The molecular formula is C23H34N4O3. The van der Waals surface area contributed by atoms with Crippen LogP contribution < -0.4 is 5.32 Å². The number of nitrogens with zero attached hydrogens (tertiary/aromatic N) is 3. The molecule has 30 heavy (non-hydrogen) atoms. The van der Waals surface area contributed by atoms with Crippen LogP contribution in [0.1, 0.15) is 54.7 Å². The van der Waals surface area contributed by atoms with Crippen LogP contribution in [0, 0.1) is 12.8 Å². The maximum atomic E-state index is 12.6. The van der Waals surface area contributed by atoms with Crippen LogP contribution in [0.2, 0.25) is 0 Å². The normalized spacial score (nSPS) is 22.9. The highest BCUT2D eigenvalue weighted by atomic mass is 16.5. The predicted molar refractivity (Wildman–Crippen MR) is 114 cm³/mol. The van der Waals surface area contributed by atoms with Crippen LogP contribution in [0.4, 0.5) is 0 Å². The first-order chi connectivity index (χ1) is 14.6. The monoisotopic (exact) mass is 414 g/mol. The molecule has 0 bridgehead atoms. The van der Waals surface area contributed by atoms with Gasteiger partial charge < -0.3 is 15.0 Å². The van der Waals surface area contributed by atoms with Gasteiger partial charge in [-0.1, -0.05) is 6.07 Å². The molecule has 1 unspecified atom stereocenters. The van der Waals surface area contributed by atoms with E-state index in [1.54, 1.807) is 6.07 Å². The van der Waals surface area contributed by atoms with Crippen LogP contribution in [0.25, 0.3) is 0 Å². The van der Waals surface area contributed by atoms with Crippen LogP contribution >= 0.6 is 0 Å². The molecule has 1 atom stereocenters. The largest absolute Gasteiger partial charge is 0.381 e. The third kappa shape index (κ3) is 5.38. The zero-order valence-electron chi connectivity index (χ0n) is 18.0. The van der Waals surface area contributed by atoms with Gasteiger partial charge in [0.25, 0.3) is 5.91 Å². The Morgan fingerprint density at radius 1 is 1.17 bits per heavy atom. The molecule has 2 aliphatic heterocycles. The molecule has 2 amide bonds. The number of aryl methyl sites for hydroxylation is 1. The third-order valence-electron chi connectivity index (χ3n) is 6.54. The fourth-order valence-corrected chi connectivity index (χ4v) is 4.75. The van der Waals surface area contributed by atoms with E-state index in [0.717, 1.165) is 77.1 Å². The minimum atomic E-state index is -0.125. The van der Waals surface area contributed by atoms with Crippen LogP contribution in [-0.4, -0.2) is 78.1 Å². The minimum Gasteiger partial charge on any atom is -0.381 e. The van der Waals surface area contributed by atoms with E-state index in [-0.39, 0.29) is 11.8 Å². The van der Waals surface area contributed by atoms with Gasteiger partial charge in [-0.2, -0.15) is 0 Å². The topological polar surface area (TPSA) is 74.8 Å². The summed E-state index contributed by atoms with van der Waals surface area (Å²) in [6, 6.07) is 6.31. The van der Waals surface area contributed by atoms with E-state index in [2.05, 4.69) is 20.1 Å². The van der Waals surface area contributed by atoms with Gasteiger partial charge in [-0.3, -0.25) is 14.5 Å². The highest BCUT2D eigenvalue weighted by Gasteiger charge is 2.37. The Labute approximate surface area is 179 Å². The van der Waals surface area contributed by atoms with Crippen molar-refractivity contribution >= 4 is 11.8 Å². The van der Waals surface area contributed by atoms with Gasteiger partial charge in [-0.05, 0) is 57.6 Å². The summed E-state index contributed by atoms with van der Waals surface area (Å²) >= 11 is 0. The summed E-state index contributed by atoms with van der Waals surface area (Å²) in [7, 11) is 0. The molecule has 1 aliphatic carbocycles. The van der Waals surface area contributed by atoms with Crippen molar-refractivity contribution < 1.29 is 14.3 Å². The molecular weight excluding hydrogens is 380 g/mol. The Hall–Kier alpha value is -1.99. The molecule has 3 fully saturated rings. The molecule has 7 nitrogen and oxygen atoms in total. The van der Waals surface area contributed by atoms with Crippen molar-refractivity contribution in [2.75, 3.05) is 39.4 Å². The zero-order chi connectivity index (χ0) is 20.9. The van der Waals surface area contributed by atoms with E-state index in [0.29, 0.717) is 30.2 Å². The van der Waals surface area contributed by atoms with Crippen molar-refractivity contribution in [3.05, 3.63) is 29.6 Å². The second-order valence-corrected chi connectivity index (χ2v) is 8.86. The molecule has 0 radical (unpaired) electrons. The van der Waals surface area contributed by atoms with Crippen molar-refractivity contribution in [2.45, 2.75) is 57.5 Å². The van der Waals surface area contributed by atoms with Crippen LogP contribution in [-0.2, 0) is 9.53 Å². The second-order valence-electron chi connectivity index (χ2n) is 8.86. The Kier molecular flexibility index (Phi) is 7.00. The van der Waals surface area contributed by atoms with Crippen molar-refractivity contribution in [1.29, 1.82) is 0 Å². The summed E-state index contributed by atoms with van der Waals surface area (Å²) in [5.41, 5.74) is 1.31. The first-order valence-corrected chi connectivity index (χ1v) is 11.5. The Balaban J connectivity index is 1.37. The van der Waals surface area contributed by atoms with Gasteiger partial charge in [-0.25, -0.2) is 4.98 Å². The van der Waals surface area contributed by atoms with E-state index in [1.165, 1.54) is 0 Å². The van der Waals surface area contributed by atoms with Gasteiger partial charge in [0.05, 0.1) is 0 Å². The van der Waals surface area contributed by atoms with Gasteiger partial charge in [-0.15, -0.1) is 0 Å². The first-order valence-electron chi connectivity index (χ1n) is 11.5. The summed E-state index contributed by atoms with van der Waals surface area (Å²) < 4.78 is 5.58. The van der Waals surface area contributed by atoms with E-state index in [1.807, 2.05) is 19.1 Å². The lowest BCUT2D eigenvalue weighted by molar-refractivity contribution is -0.135. The fraction of sp³-hybridized carbons (Fsp3) is 0.696. The van der Waals surface area contributed by atoms with E-state index in [4.69, 9.17) is 4.74 Å². The molecule has 1 aromatic heterocycles. The number of ether oxygens (including phenoxy) is 1. The number of carbonyl (C=O) groups excluding carboxylic acids is 2. The Bertz CT molecular complexity index is 746. The lowest BCUT2D eigenvalue weighted by Crippen LogP contribution is -2.55. The van der Waals surface area contributed by atoms with Crippen LogP contribution in [0.5, 0.6) is 0 Å². The summed E-state index contributed by atoms with van der Waals surface area (Å²) in [6.45, 7) is 6.55. The molecule has 0 aromatic carbocycles. The van der Waals surface area contributed by atoms with Crippen molar-refractivity contribution in [1.82, 2.24) is 20.1 Å². The molecule has 3 heterocycles. The van der Waals surface area contributed by atoms with Gasteiger partial charge in [0.1, 0.15) is 5.69 Å². The van der Waals surface area contributed by atoms with Crippen LogP contribution in [0.3, 0.4) is 0 Å². The van der Waals surface area contributed by atoms with Crippen molar-refractivity contribution in [3.63, 3.8) is 0 Å². The Morgan fingerprint density at radius 3 is 2.70 bits per heavy atom. The Morgan fingerprint density at radius 2 is 1.97 bits per heavy atom. The molecule has 164 valence electrons. The highest BCUT2D eigenvalue weighted by Crippen LogP contribution is 2.32. The average molecular weight is 415 g/mol. The number of pyridine rings is 1. The molecule has 1 N–H and O–H groups in total. The smallest absolute Gasteiger partial charge is 0.269 e. The number of rotatable bonds is 7.